The van der Waals surface area contributed by atoms with Crippen molar-refractivity contribution in [3.8, 4) is 10.7 Å². The molecular formula is C22H13N3O5S. The molecule has 0 saturated carbocycles. The van der Waals surface area contributed by atoms with E-state index in [2.05, 4.69) is 10.1 Å². The van der Waals surface area contributed by atoms with Gasteiger partial charge in [-0.2, -0.15) is 4.98 Å². The molecule has 152 valence electrons. The standard InChI is InChI=1S/C22H13N3O5S/c26-20-15-7-1-2-8-16(15)21(27)25(20)14-6-3-5-13(11-14)22(28)29-12-18-23-19(24-30-18)17-9-4-10-31-17/h1-11H,12H2. The minimum absolute atomic E-state index is 0.160. The van der Waals surface area contributed by atoms with Gasteiger partial charge in [-0.1, -0.05) is 29.4 Å². The van der Waals surface area contributed by atoms with E-state index in [9.17, 15) is 14.4 Å². The van der Waals surface area contributed by atoms with Gasteiger partial charge in [-0.25, -0.2) is 9.69 Å². The SMILES string of the molecule is O=C(OCc1nc(-c2cccs2)no1)c1cccc(N2C(=O)c3ccccc3C2=O)c1. The van der Waals surface area contributed by atoms with Crippen LogP contribution in [0.1, 0.15) is 37.0 Å². The van der Waals surface area contributed by atoms with Crippen LogP contribution in [0.2, 0.25) is 0 Å². The van der Waals surface area contributed by atoms with E-state index in [4.69, 9.17) is 9.26 Å². The maximum absolute atomic E-state index is 12.7. The Hall–Kier alpha value is -4.11. The van der Waals surface area contributed by atoms with Crippen LogP contribution in [0.4, 0.5) is 5.69 Å². The third-order valence-corrected chi connectivity index (χ3v) is 5.54. The second-order valence-electron chi connectivity index (χ2n) is 6.61. The van der Waals surface area contributed by atoms with Gasteiger partial charge in [-0.05, 0) is 41.8 Å². The molecule has 5 rings (SSSR count). The molecule has 8 nitrogen and oxygen atoms in total. The minimum atomic E-state index is -0.644. The van der Waals surface area contributed by atoms with Crippen molar-refractivity contribution in [2.75, 3.05) is 4.90 Å². The molecule has 1 aliphatic heterocycles. The first-order valence-corrected chi connectivity index (χ1v) is 10.1. The molecule has 2 amide bonds. The number of nitrogens with zero attached hydrogens (tertiary/aromatic N) is 3. The van der Waals surface area contributed by atoms with Crippen molar-refractivity contribution in [2.45, 2.75) is 6.61 Å². The van der Waals surface area contributed by atoms with E-state index in [0.717, 1.165) is 9.78 Å². The predicted octanol–water partition coefficient (Wildman–Crippen LogP) is 3.96. The summed E-state index contributed by atoms with van der Waals surface area (Å²) in [4.78, 5) is 43.9. The van der Waals surface area contributed by atoms with Crippen LogP contribution in [-0.2, 0) is 11.3 Å². The number of amides is 2. The van der Waals surface area contributed by atoms with Gasteiger partial charge in [0.15, 0.2) is 6.61 Å². The Bertz CT molecular complexity index is 1280. The summed E-state index contributed by atoms with van der Waals surface area (Å²) in [6.07, 6.45) is 0. The summed E-state index contributed by atoms with van der Waals surface area (Å²) in [5, 5.41) is 5.76. The Kier molecular flexibility index (Phi) is 4.64. The van der Waals surface area contributed by atoms with E-state index in [-0.39, 0.29) is 18.1 Å². The summed E-state index contributed by atoms with van der Waals surface area (Å²) in [5.74, 6) is -0.924. The topological polar surface area (TPSA) is 103 Å². The summed E-state index contributed by atoms with van der Waals surface area (Å²) < 4.78 is 10.4. The number of hydrogen-bond acceptors (Lipinski definition) is 8. The molecule has 1 aliphatic rings. The predicted molar refractivity (Wildman–Crippen MR) is 111 cm³/mol. The van der Waals surface area contributed by atoms with E-state index in [1.807, 2.05) is 17.5 Å². The normalized spacial score (nSPS) is 12.8. The van der Waals surface area contributed by atoms with Gasteiger partial charge in [0.2, 0.25) is 5.82 Å². The number of thiophene rings is 1. The smallest absolute Gasteiger partial charge is 0.338 e. The van der Waals surface area contributed by atoms with Gasteiger partial charge in [-0.3, -0.25) is 9.59 Å². The van der Waals surface area contributed by atoms with Crippen LogP contribution >= 0.6 is 11.3 Å². The second-order valence-corrected chi connectivity index (χ2v) is 7.55. The molecule has 0 N–H and O–H groups in total. The molecule has 0 bridgehead atoms. The molecule has 0 aliphatic carbocycles. The number of ether oxygens (including phenoxy) is 1. The molecular weight excluding hydrogens is 418 g/mol. The Morgan fingerprint density at radius 2 is 1.77 bits per heavy atom. The molecule has 3 heterocycles. The van der Waals surface area contributed by atoms with Crippen molar-refractivity contribution in [2.24, 2.45) is 0 Å². The fraction of sp³-hybridized carbons (Fsp3) is 0.0455. The van der Waals surface area contributed by atoms with Gasteiger partial charge in [0.25, 0.3) is 17.7 Å². The fourth-order valence-electron chi connectivity index (χ4n) is 3.23. The van der Waals surface area contributed by atoms with E-state index in [0.29, 0.717) is 22.6 Å². The highest BCUT2D eigenvalue weighted by atomic mass is 32.1. The maximum Gasteiger partial charge on any atom is 0.338 e. The quantitative estimate of drug-likeness (QED) is 0.348. The molecule has 0 atom stereocenters. The highest BCUT2D eigenvalue weighted by Gasteiger charge is 2.36. The lowest BCUT2D eigenvalue weighted by Crippen LogP contribution is -2.29. The number of carbonyl (C=O) groups excluding carboxylic acids is 3. The zero-order valence-corrected chi connectivity index (χ0v) is 16.7. The number of hydrogen-bond donors (Lipinski definition) is 0. The lowest BCUT2D eigenvalue weighted by molar-refractivity contribution is 0.0429. The molecule has 4 aromatic rings. The molecule has 9 heteroatoms. The van der Waals surface area contributed by atoms with Gasteiger partial charge < -0.3 is 9.26 Å². The molecule has 2 aromatic carbocycles. The number of aromatic nitrogens is 2. The summed E-state index contributed by atoms with van der Waals surface area (Å²) in [6.45, 7) is -0.200. The number of benzene rings is 2. The maximum atomic E-state index is 12.7. The van der Waals surface area contributed by atoms with E-state index >= 15 is 0 Å². The van der Waals surface area contributed by atoms with Crippen LogP contribution in [0, 0.1) is 0 Å². The van der Waals surface area contributed by atoms with Gasteiger partial charge in [0, 0.05) is 0 Å². The van der Waals surface area contributed by atoms with Crippen LogP contribution in [-0.4, -0.2) is 27.9 Å². The van der Waals surface area contributed by atoms with Crippen molar-refractivity contribution in [1.29, 1.82) is 0 Å². The molecule has 31 heavy (non-hydrogen) atoms. The monoisotopic (exact) mass is 431 g/mol. The number of carbonyl (C=O) groups is 3. The largest absolute Gasteiger partial charge is 0.452 e. The molecule has 0 fully saturated rings. The van der Waals surface area contributed by atoms with Crippen LogP contribution in [0.5, 0.6) is 0 Å². The van der Waals surface area contributed by atoms with E-state index < -0.39 is 17.8 Å². The first-order chi connectivity index (χ1) is 15.1. The minimum Gasteiger partial charge on any atom is -0.452 e. The molecule has 2 aromatic heterocycles. The average Bonchev–Trinajstić information content (AvgIpc) is 3.53. The Labute approximate surface area is 179 Å². The molecule has 0 spiro atoms. The van der Waals surface area contributed by atoms with E-state index in [1.165, 1.54) is 23.5 Å². The summed E-state index contributed by atoms with van der Waals surface area (Å²) in [6, 6.07) is 16.5. The molecule has 0 unspecified atom stereocenters. The van der Waals surface area contributed by atoms with Crippen LogP contribution < -0.4 is 4.90 Å². The van der Waals surface area contributed by atoms with Gasteiger partial charge in [0.05, 0.1) is 27.3 Å². The van der Waals surface area contributed by atoms with Crippen molar-refractivity contribution in [1.82, 2.24) is 10.1 Å². The highest BCUT2D eigenvalue weighted by Crippen LogP contribution is 2.29. The first-order valence-electron chi connectivity index (χ1n) is 9.23. The van der Waals surface area contributed by atoms with Crippen molar-refractivity contribution < 1.29 is 23.6 Å². The zero-order chi connectivity index (χ0) is 21.4. The van der Waals surface area contributed by atoms with E-state index in [1.54, 1.807) is 36.4 Å². The van der Waals surface area contributed by atoms with Gasteiger partial charge >= 0.3 is 5.97 Å². The van der Waals surface area contributed by atoms with Crippen LogP contribution in [0.15, 0.2) is 70.6 Å². The van der Waals surface area contributed by atoms with Gasteiger partial charge in [-0.15, -0.1) is 11.3 Å². The zero-order valence-electron chi connectivity index (χ0n) is 15.8. The lowest BCUT2D eigenvalue weighted by atomic mass is 10.1. The number of esters is 1. The Morgan fingerprint density at radius 1 is 1.00 bits per heavy atom. The summed E-state index contributed by atoms with van der Waals surface area (Å²) in [7, 11) is 0. The Morgan fingerprint density at radius 3 is 2.48 bits per heavy atom. The summed E-state index contributed by atoms with van der Waals surface area (Å²) in [5.41, 5.74) is 1.14. The third-order valence-electron chi connectivity index (χ3n) is 4.67. The number of anilines is 1. The number of imide groups is 1. The summed E-state index contributed by atoms with van der Waals surface area (Å²) >= 11 is 1.47. The molecule has 0 radical (unpaired) electrons. The second kappa shape index (κ2) is 7.62. The fourth-order valence-corrected chi connectivity index (χ4v) is 3.87. The van der Waals surface area contributed by atoms with Crippen molar-refractivity contribution >= 4 is 34.8 Å². The number of fused-ring (bicyclic) bond motifs is 1. The average molecular weight is 431 g/mol. The highest BCUT2D eigenvalue weighted by molar-refractivity contribution is 7.13. The third kappa shape index (κ3) is 3.40. The number of rotatable bonds is 5. The Balaban J connectivity index is 1.31. The van der Waals surface area contributed by atoms with Crippen LogP contribution in [0.3, 0.4) is 0 Å². The van der Waals surface area contributed by atoms with Crippen molar-refractivity contribution in [3.05, 3.63) is 88.6 Å². The van der Waals surface area contributed by atoms with Crippen LogP contribution in [0.25, 0.3) is 10.7 Å². The van der Waals surface area contributed by atoms with Crippen molar-refractivity contribution in [3.63, 3.8) is 0 Å². The van der Waals surface area contributed by atoms with Gasteiger partial charge in [0.1, 0.15) is 0 Å². The lowest BCUT2D eigenvalue weighted by Gasteiger charge is -2.14. The first kappa shape index (κ1) is 18.9. The molecule has 0 saturated heterocycles.